The summed E-state index contributed by atoms with van der Waals surface area (Å²) in [7, 11) is 1.69. The summed E-state index contributed by atoms with van der Waals surface area (Å²) in [4.78, 5) is 12.0. The summed E-state index contributed by atoms with van der Waals surface area (Å²) in [6.07, 6.45) is 24.4. The van der Waals surface area contributed by atoms with Gasteiger partial charge in [0, 0.05) is 13.0 Å². The van der Waals surface area contributed by atoms with E-state index in [9.17, 15) is 4.79 Å². The summed E-state index contributed by atoms with van der Waals surface area (Å²) in [5, 5.41) is 3.05. The van der Waals surface area contributed by atoms with E-state index < -0.39 is 0 Å². The van der Waals surface area contributed by atoms with Gasteiger partial charge >= 0.3 is 0 Å². The van der Waals surface area contributed by atoms with Gasteiger partial charge in [0.2, 0.25) is 5.91 Å². The van der Waals surface area contributed by atoms with Crippen molar-refractivity contribution >= 4 is 5.91 Å². The van der Waals surface area contributed by atoms with Crippen LogP contribution in [0.3, 0.4) is 0 Å². The summed E-state index contributed by atoms with van der Waals surface area (Å²) in [5.41, 5.74) is 1.24. The van der Waals surface area contributed by atoms with Gasteiger partial charge in [-0.1, -0.05) is 77.4 Å². The molecule has 0 saturated carbocycles. The first-order valence-electron chi connectivity index (χ1n) is 11.5. The lowest BCUT2D eigenvalue weighted by molar-refractivity contribution is -0.120. The number of allylic oxidation sites excluding steroid dienone is 4. The number of ether oxygens (including phenoxy) is 1. The number of hydrogen-bond donors (Lipinski definition) is 1. The molecule has 0 spiro atoms. The van der Waals surface area contributed by atoms with E-state index in [4.69, 9.17) is 4.74 Å². The molecule has 0 bridgehead atoms. The first-order valence-corrected chi connectivity index (χ1v) is 11.5. The lowest BCUT2D eigenvalue weighted by Gasteiger charge is -2.20. The molecule has 0 heterocycles. The number of carbonyl (C=O) groups is 1. The molecule has 1 aliphatic carbocycles. The van der Waals surface area contributed by atoms with Crippen molar-refractivity contribution in [2.45, 2.75) is 97.3 Å². The van der Waals surface area contributed by atoms with Crippen molar-refractivity contribution in [2.75, 3.05) is 13.7 Å². The highest BCUT2D eigenvalue weighted by molar-refractivity contribution is 5.76. The molecule has 0 aliphatic heterocycles. The van der Waals surface area contributed by atoms with Crippen LogP contribution in [0.4, 0.5) is 0 Å². The fourth-order valence-electron chi connectivity index (χ4n) is 3.51. The highest BCUT2D eigenvalue weighted by Crippen LogP contribution is 2.23. The van der Waals surface area contributed by atoms with Crippen molar-refractivity contribution in [3.8, 4) is 0 Å². The highest BCUT2D eigenvalue weighted by Gasteiger charge is 2.14. The molecule has 1 rings (SSSR count). The second-order valence-electron chi connectivity index (χ2n) is 8.07. The Hall–Kier alpha value is -1.51. The van der Waals surface area contributed by atoms with Gasteiger partial charge in [-0.15, -0.1) is 0 Å². The molecule has 1 N–H and O–H groups in total. The second kappa shape index (κ2) is 16.4. The molecule has 3 heteroatoms. The van der Waals surface area contributed by atoms with Crippen molar-refractivity contribution in [3.05, 3.63) is 35.6 Å². The number of amides is 1. The maximum absolute atomic E-state index is 12.0. The van der Waals surface area contributed by atoms with Crippen molar-refractivity contribution in [3.63, 3.8) is 0 Å². The van der Waals surface area contributed by atoms with Gasteiger partial charge in [-0.05, 0) is 49.3 Å². The molecular formula is C25H43NO2. The van der Waals surface area contributed by atoms with Crippen LogP contribution in [0.1, 0.15) is 97.3 Å². The molecule has 160 valence electrons. The van der Waals surface area contributed by atoms with E-state index in [0.717, 1.165) is 25.0 Å². The Morgan fingerprint density at radius 3 is 2.39 bits per heavy atom. The zero-order chi connectivity index (χ0) is 20.5. The third-order valence-corrected chi connectivity index (χ3v) is 5.54. The van der Waals surface area contributed by atoms with Crippen molar-refractivity contribution in [1.29, 1.82) is 0 Å². The number of methoxy groups -OCH3 is 1. The van der Waals surface area contributed by atoms with Crippen LogP contribution in [-0.2, 0) is 9.53 Å². The van der Waals surface area contributed by atoms with Crippen LogP contribution in [0.2, 0.25) is 0 Å². The maximum Gasteiger partial charge on any atom is 0.220 e. The van der Waals surface area contributed by atoms with Gasteiger partial charge in [-0.25, -0.2) is 0 Å². The number of carbonyl (C=O) groups excluding carboxylic acids is 1. The standard InChI is InChI=1S/C25H43NO2/c1-4-5-6-7-8-9-10-11-12-13-14-15-16-17-25(27)26-21-23-20-24(28-3)19-18-22(23)2/h14-15,19-20,22H,4-13,16-18,21H2,1-3H3,(H,26,27)/b15-14+. The molecule has 1 atom stereocenters. The van der Waals surface area contributed by atoms with Crippen molar-refractivity contribution in [2.24, 2.45) is 5.92 Å². The van der Waals surface area contributed by atoms with E-state index >= 15 is 0 Å². The molecule has 28 heavy (non-hydrogen) atoms. The van der Waals surface area contributed by atoms with Crippen LogP contribution in [0.15, 0.2) is 35.6 Å². The highest BCUT2D eigenvalue weighted by atomic mass is 16.5. The SMILES string of the molecule is CCCCCCCCCCC/C=C/CCC(=O)NCC1=CC(OC)=CCC1C. The summed E-state index contributed by atoms with van der Waals surface area (Å²) in [6, 6.07) is 0. The molecule has 0 aromatic heterocycles. The molecule has 0 fully saturated rings. The third kappa shape index (κ3) is 12.0. The smallest absolute Gasteiger partial charge is 0.220 e. The zero-order valence-electron chi connectivity index (χ0n) is 18.6. The van der Waals surface area contributed by atoms with Crippen LogP contribution < -0.4 is 5.32 Å². The van der Waals surface area contributed by atoms with Crippen LogP contribution in [-0.4, -0.2) is 19.6 Å². The Bertz CT molecular complexity index is 505. The predicted molar refractivity (Wildman–Crippen MR) is 120 cm³/mol. The van der Waals surface area contributed by atoms with E-state index in [1.165, 1.54) is 63.4 Å². The molecule has 0 saturated heterocycles. The minimum absolute atomic E-state index is 0.134. The van der Waals surface area contributed by atoms with Crippen molar-refractivity contribution in [1.82, 2.24) is 5.32 Å². The molecule has 1 unspecified atom stereocenters. The van der Waals surface area contributed by atoms with Gasteiger partial charge in [0.05, 0.1) is 7.11 Å². The number of nitrogens with one attached hydrogen (secondary N) is 1. The Morgan fingerprint density at radius 2 is 1.71 bits per heavy atom. The summed E-state index contributed by atoms with van der Waals surface area (Å²) >= 11 is 0. The normalized spacial score (nSPS) is 16.8. The number of unbranched alkanes of at least 4 members (excludes halogenated alkanes) is 9. The minimum Gasteiger partial charge on any atom is -0.497 e. The lowest BCUT2D eigenvalue weighted by Crippen LogP contribution is -2.27. The van der Waals surface area contributed by atoms with E-state index in [2.05, 4.69) is 43.5 Å². The van der Waals surface area contributed by atoms with Gasteiger partial charge in [0.15, 0.2) is 0 Å². The molecule has 0 aromatic carbocycles. The van der Waals surface area contributed by atoms with E-state index in [1.807, 2.05) is 0 Å². The lowest BCUT2D eigenvalue weighted by atomic mass is 9.92. The van der Waals surface area contributed by atoms with Crippen LogP contribution in [0.25, 0.3) is 0 Å². The van der Waals surface area contributed by atoms with Gasteiger partial charge in [-0.2, -0.15) is 0 Å². The fraction of sp³-hybridized carbons (Fsp3) is 0.720. The van der Waals surface area contributed by atoms with Gasteiger partial charge in [-0.3, -0.25) is 4.79 Å². The first-order chi connectivity index (χ1) is 13.7. The van der Waals surface area contributed by atoms with Crippen LogP contribution >= 0.6 is 0 Å². The van der Waals surface area contributed by atoms with Crippen LogP contribution in [0, 0.1) is 5.92 Å². The molecule has 1 amide bonds. The fourth-order valence-corrected chi connectivity index (χ4v) is 3.51. The number of hydrogen-bond acceptors (Lipinski definition) is 2. The topological polar surface area (TPSA) is 38.3 Å². The minimum atomic E-state index is 0.134. The average Bonchev–Trinajstić information content (AvgIpc) is 2.70. The van der Waals surface area contributed by atoms with Crippen molar-refractivity contribution < 1.29 is 9.53 Å². The Morgan fingerprint density at radius 1 is 1.07 bits per heavy atom. The van der Waals surface area contributed by atoms with E-state index in [0.29, 0.717) is 18.9 Å². The van der Waals surface area contributed by atoms with E-state index in [-0.39, 0.29) is 5.91 Å². The van der Waals surface area contributed by atoms with Crippen LogP contribution in [0.5, 0.6) is 0 Å². The zero-order valence-corrected chi connectivity index (χ0v) is 18.6. The number of rotatable bonds is 16. The Kier molecular flexibility index (Phi) is 14.4. The first kappa shape index (κ1) is 24.5. The Labute approximate surface area is 173 Å². The third-order valence-electron chi connectivity index (χ3n) is 5.54. The second-order valence-corrected chi connectivity index (χ2v) is 8.07. The summed E-state index contributed by atoms with van der Waals surface area (Å²) in [5.74, 6) is 1.51. The molecule has 0 radical (unpaired) electrons. The van der Waals surface area contributed by atoms with Gasteiger partial charge in [0.1, 0.15) is 5.76 Å². The predicted octanol–water partition coefficient (Wildman–Crippen LogP) is 6.86. The van der Waals surface area contributed by atoms with Gasteiger partial charge in [0.25, 0.3) is 0 Å². The molecule has 3 nitrogen and oxygen atoms in total. The monoisotopic (exact) mass is 389 g/mol. The Balaban J connectivity index is 1.98. The average molecular weight is 390 g/mol. The summed E-state index contributed by atoms with van der Waals surface area (Å²) in [6.45, 7) is 5.09. The molecule has 0 aromatic rings. The molecule has 1 aliphatic rings. The molecular weight excluding hydrogens is 346 g/mol. The van der Waals surface area contributed by atoms with Gasteiger partial charge < -0.3 is 10.1 Å². The maximum atomic E-state index is 12.0. The quantitative estimate of drug-likeness (QED) is 0.231. The van der Waals surface area contributed by atoms with E-state index in [1.54, 1.807) is 7.11 Å². The summed E-state index contributed by atoms with van der Waals surface area (Å²) < 4.78 is 5.29. The largest absolute Gasteiger partial charge is 0.497 e.